The molecule has 0 aliphatic heterocycles. The Labute approximate surface area is 155 Å². The zero-order valence-electron chi connectivity index (χ0n) is 15.8. The first-order valence-electron chi connectivity index (χ1n) is 8.90. The molecule has 0 heterocycles. The van der Waals surface area contributed by atoms with E-state index in [0.717, 1.165) is 25.1 Å². The van der Waals surface area contributed by atoms with Gasteiger partial charge in [-0.05, 0) is 36.2 Å². The number of amides is 1. The summed E-state index contributed by atoms with van der Waals surface area (Å²) in [7, 11) is 3.21. The van der Waals surface area contributed by atoms with Gasteiger partial charge in [0.1, 0.15) is 0 Å². The molecular formula is C21H28N2O3. The van der Waals surface area contributed by atoms with Gasteiger partial charge in [0.05, 0.1) is 20.8 Å². The van der Waals surface area contributed by atoms with E-state index in [9.17, 15) is 4.79 Å². The molecule has 2 aromatic rings. The minimum Gasteiger partial charge on any atom is -0.493 e. The van der Waals surface area contributed by atoms with E-state index in [0.29, 0.717) is 24.6 Å². The quantitative estimate of drug-likeness (QED) is 0.710. The van der Waals surface area contributed by atoms with E-state index >= 15 is 0 Å². The van der Waals surface area contributed by atoms with Crippen molar-refractivity contribution in [2.24, 2.45) is 0 Å². The number of methoxy groups -OCH3 is 2. The van der Waals surface area contributed by atoms with Crippen molar-refractivity contribution in [3.8, 4) is 11.5 Å². The topological polar surface area (TPSA) is 50.8 Å². The van der Waals surface area contributed by atoms with Gasteiger partial charge in [0.25, 0.3) is 0 Å². The van der Waals surface area contributed by atoms with Crippen molar-refractivity contribution in [3.05, 3.63) is 59.7 Å². The Kier molecular flexibility index (Phi) is 7.96. The molecule has 5 nitrogen and oxygen atoms in total. The number of ether oxygens (including phenoxy) is 2. The lowest BCUT2D eigenvalue weighted by atomic mass is 10.2. The van der Waals surface area contributed by atoms with Crippen molar-refractivity contribution in [1.82, 2.24) is 10.2 Å². The van der Waals surface area contributed by atoms with Crippen LogP contribution in [0.5, 0.6) is 11.5 Å². The molecule has 1 amide bonds. The van der Waals surface area contributed by atoms with Gasteiger partial charge in [-0.1, -0.05) is 43.3 Å². The van der Waals surface area contributed by atoms with E-state index < -0.39 is 0 Å². The highest BCUT2D eigenvalue weighted by atomic mass is 16.5. The molecule has 0 radical (unpaired) electrons. The summed E-state index contributed by atoms with van der Waals surface area (Å²) in [5.41, 5.74) is 2.19. The number of benzene rings is 2. The van der Waals surface area contributed by atoms with Gasteiger partial charge >= 0.3 is 0 Å². The maximum Gasteiger partial charge on any atom is 0.234 e. The molecule has 2 aromatic carbocycles. The fourth-order valence-corrected chi connectivity index (χ4v) is 2.82. The summed E-state index contributed by atoms with van der Waals surface area (Å²) in [6.45, 7) is 4.64. The van der Waals surface area contributed by atoms with Gasteiger partial charge < -0.3 is 14.8 Å². The summed E-state index contributed by atoms with van der Waals surface area (Å²) in [6, 6.07) is 15.9. The molecular weight excluding hydrogens is 328 g/mol. The lowest BCUT2D eigenvalue weighted by Crippen LogP contribution is -2.37. The second kappa shape index (κ2) is 10.5. The van der Waals surface area contributed by atoms with Crippen LogP contribution in [0.2, 0.25) is 0 Å². The standard InChI is InChI=1S/C21H28N2O3/c1-4-12-23(15-17-8-6-5-7-9-17)16-21(24)22-14-18-10-11-19(25-2)20(13-18)26-3/h5-11,13H,4,12,14-16H2,1-3H3,(H,22,24). The second-order valence-electron chi connectivity index (χ2n) is 6.16. The number of rotatable bonds is 10. The van der Waals surface area contributed by atoms with Crippen LogP contribution in [0.3, 0.4) is 0 Å². The molecule has 0 aliphatic carbocycles. The molecule has 26 heavy (non-hydrogen) atoms. The monoisotopic (exact) mass is 356 g/mol. The van der Waals surface area contributed by atoms with Gasteiger partial charge in [-0.2, -0.15) is 0 Å². The summed E-state index contributed by atoms with van der Waals surface area (Å²) in [5.74, 6) is 1.36. The predicted molar refractivity (Wildman–Crippen MR) is 103 cm³/mol. The lowest BCUT2D eigenvalue weighted by Gasteiger charge is -2.21. The summed E-state index contributed by atoms with van der Waals surface area (Å²) in [4.78, 5) is 14.5. The average Bonchev–Trinajstić information content (AvgIpc) is 2.67. The normalized spacial score (nSPS) is 10.6. The van der Waals surface area contributed by atoms with E-state index in [1.54, 1.807) is 14.2 Å². The Hall–Kier alpha value is -2.53. The third-order valence-electron chi connectivity index (χ3n) is 4.09. The van der Waals surface area contributed by atoms with Crippen LogP contribution >= 0.6 is 0 Å². The molecule has 0 saturated carbocycles. The van der Waals surface area contributed by atoms with Gasteiger partial charge in [0.15, 0.2) is 11.5 Å². The maximum atomic E-state index is 12.4. The Morgan fingerprint density at radius 2 is 1.73 bits per heavy atom. The molecule has 140 valence electrons. The van der Waals surface area contributed by atoms with Crippen LogP contribution in [-0.4, -0.2) is 38.1 Å². The van der Waals surface area contributed by atoms with E-state index in [1.807, 2.05) is 36.4 Å². The van der Waals surface area contributed by atoms with Crippen molar-refractivity contribution < 1.29 is 14.3 Å². The zero-order chi connectivity index (χ0) is 18.8. The molecule has 5 heteroatoms. The Balaban J connectivity index is 1.89. The highest BCUT2D eigenvalue weighted by molar-refractivity contribution is 5.78. The largest absolute Gasteiger partial charge is 0.493 e. The van der Waals surface area contributed by atoms with Gasteiger partial charge in [-0.25, -0.2) is 0 Å². The first-order chi connectivity index (χ1) is 12.7. The number of nitrogens with zero attached hydrogens (tertiary/aromatic N) is 1. The fraction of sp³-hybridized carbons (Fsp3) is 0.381. The zero-order valence-corrected chi connectivity index (χ0v) is 15.8. The molecule has 0 spiro atoms. The van der Waals surface area contributed by atoms with E-state index in [2.05, 4.69) is 29.3 Å². The molecule has 0 bridgehead atoms. The minimum atomic E-state index is 0.0177. The van der Waals surface area contributed by atoms with Crippen LogP contribution in [0.1, 0.15) is 24.5 Å². The highest BCUT2D eigenvalue weighted by Gasteiger charge is 2.11. The number of hydrogen-bond donors (Lipinski definition) is 1. The minimum absolute atomic E-state index is 0.0177. The Bertz CT molecular complexity index is 689. The molecule has 0 aromatic heterocycles. The Morgan fingerprint density at radius 1 is 1.00 bits per heavy atom. The third kappa shape index (κ3) is 6.08. The summed E-state index contributed by atoms with van der Waals surface area (Å²) >= 11 is 0. The number of nitrogens with one attached hydrogen (secondary N) is 1. The molecule has 0 atom stereocenters. The van der Waals surface area contributed by atoms with Crippen LogP contribution in [0.15, 0.2) is 48.5 Å². The molecule has 0 unspecified atom stereocenters. The average molecular weight is 356 g/mol. The lowest BCUT2D eigenvalue weighted by molar-refractivity contribution is -0.122. The van der Waals surface area contributed by atoms with Crippen LogP contribution < -0.4 is 14.8 Å². The van der Waals surface area contributed by atoms with Crippen molar-refractivity contribution in [2.45, 2.75) is 26.4 Å². The maximum absolute atomic E-state index is 12.4. The predicted octanol–water partition coefficient (Wildman–Crippen LogP) is 3.23. The van der Waals surface area contributed by atoms with Gasteiger partial charge in [0, 0.05) is 13.1 Å². The van der Waals surface area contributed by atoms with Crippen LogP contribution in [0, 0.1) is 0 Å². The highest BCUT2D eigenvalue weighted by Crippen LogP contribution is 2.27. The van der Waals surface area contributed by atoms with Crippen LogP contribution in [-0.2, 0) is 17.9 Å². The number of carbonyl (C=O) groups excluding carboxylic acids is 1. The van der Waals surface area contributed by atoms with Crippen molar-refractivity contribution in [2.75, 3.05) is 27.3 Å². The summed E-state index contributed by atoms with van der Waals surface area (Å²) in [5, 5.41) is 2.99. The first-order valence-corrected chi connectivity index (χ1v) is 8.90. The second-order valence-corrected chi connectivity index (χ2v) is 6.16. The molecule has 2 rings (SSSR count). The smallest absolute Gasteiger partial charge is 0.234 e. The molecule has 0 saturated heterocycles. The SMILES string of the molecule is CCCN(CC(=O)NCc1ccc(OC)c(OC)c1)Cc1ccccc1. The molecule has 1 N–H and O–H groups in total. The molecule has 0 fully saturated rings. The summed E-state index contributed by atoms with van der Waals surface area (Å²) < 4.78 is 10.5. The van der Waals surface area contributed by atoms with Crippen molar-refractivity contribution >= 4 is 5.91 Å². The fourth-order valence-electron chi connectivity index (χ4n) is 2.82. The van der Waals surface area contributed by atoms with Crippen molar-refractivity contribution in [3.63, 3.8) is 0 Å². The van der Waals surface area contributed by atoms with Gasteiger partial charge in [-0.3, -0.25) is 9.69 Å². The van der Waals surface area contributed by atoms with Crippen LogP contribution in [0.25, 0.3) is 0 Å². The van der Waals surface area contributed by atoms with E-state index in [1.165, 1.54) is 5.56 Å². The number of hydrogen-bond acceptors (Lipinski definition) is 4. The summed E-state index contributed by atoms with van der Waals surface area (Å²) in [6.07, 6.45) is 1.01. The number of carbonyl (C=O) groups is 1. The first kappa shape index (κ1) is 19.8. The Morgan fingerprint density at radius 3 is 2.38 bits per heavy atom. The van der Waals surface area contributed by atoms with Crippen molar-refractivity contribution in [1.29, 1.82) is 0 Å². The molecule has 0 aliphatic rings. The van der Waals surface area contributed by atoms with E-state index in [4.69, 9.17) is 9.47 Å². The third-order valence-corrected chi connectivity index (χ3v) is 4.09. The van der Waals surface area contributed by atoms with Crippen LogP contribution in [0.4, 0.5) is 0 Å². The van der Waals surface area contributed by atoms with Gasteiger partial charge in [-0.15, -0.1) is 0 Å². The van der Waals surface area contributed by atoms with Gasteiger partial charge in [0.2, 0.25) is 5.91 Å². The van der Waals surface area contributed by atoms with E-state index in [-0.39, 0.29) is 5.91 Å².